The molecule has 2 atom stereocenters. The van der Waals surface area contributed by atoms with Crippen LogP contribution in [0.3, 0.4) is 0 Å². The topological polar surface area (TPSA) is 86.3 Å². The Balaban J connectivity index is 2.57. The molecule has 0 unspecified atom stereocenters. The number of rotatable bonds is 9. The van der Waals surface area contributed by atoms with E-state index in [9.17, 15) is 22.8 Å². The van der Waals surface area contributed by atoms with Crippen molar-refractivity contribution in [2.24, 2.45) is 0 Å². The van der Waals surface area contributed by atoms with Gasteiger partial charge in [-0.15, -0.1) is 0 Å². The highest BCUT2D eigenvalue weighted by Gasteiger charge is 2.66. The molecule has 2 rings (SSSR count). The summed E-state index contributed by atoms with van der Waals surface area (Å²) in [5.74, 6) is -1.97. The summed E-state index contributed by atoms with van der Waals surface area (Å²) in [4.78, 5) is 25.2. The van der Waals surface area contributed by atoms with Crippen LogP contribution in [0.5, 0.6) is 11.5 Å². The van der Waals surface area contributed by atoms with Crippen LogP contribution in [0.1, 0.15) is 25.3 Å². The van der Waals surface area contributed by atoms with Gasteiger partial charge in [-0.25, -0.2) is 4.79 Å². The molecular formula is C20H27F3N2O6. The third-order valence-electron chi connectivity index (χ3n) is 4.99. The molecule has 1 aliphatic heterocycles. The summed E-state index contributed by atoms with van der Waals surface area (Å²) >= 11 is 0. The first-order valence-corrected chi connectivity index (χ1v) is 9.60. The van der Waals surface area contributed by atoms with Crippen LogP contribution in [-0.2, 0) is 25.6 Å². The quantitative estimate of drug-likeness (QED) is 0.458. The van der Waals surface area contributed by atoms with Gasteiger partial charge in [0.2, 0.25) is 5.91 Å². The van der Waals surface area contributed by atoms with Crippen molar-refractivity contribution in [3.05, 3.63) is 23.8 Å². The lowest BCUT2D eigenvalue weighted by Gasteiger charge is -2.43. The molecule has 1 fully saturated rings. The van der Waals surface area contributed by atoms with Crippen LogP contribution in [0.2, 0.25) is 0 Å². The molecule has 0 saturated carbocycles. The van der Waals surface area contributed by atoms with Gasteiger partial charge in [-0.3, -0.25) is 9.69 Å². The number of hydrogen-bond acceptors (Lipinski definition) is 7. The van der Waals surface area contributed by atoms with Gasteiger partial charge in [0.1, 0.15) is 0 Å². The number of amides is 1. The van der Waals surface area contributed by atoms with E-state index in [0.717, 1.165) is 18.9 Å². The third-order valence-corrected chi connectivity index (χ3v) is 4.99. The summed E-state index contributed by atoms with van der Waals surface area (Å²) < 4.78 is 63.7. The van der Waals surface area contributed by atoms with Gasteiger partial charge in [0.15, 0.2) is 11.5 Å². The van der Waals surface area contributed by atoms with Crippen molar-refractivity contribution in [3.8, 4) is 11.5 Å². The van der Waals surface area contributed by atoms with Gasteiger partial charge in [-0.2, -0.15) is 13.2 Å². The fourth-order valence-corrected chi connectivity index (χ4v) is 3.58. The molecule has 1 aliphatic rings. The molecular weight excluding hydrogens is 421 g/mol. The lowest BCUT2D eigenvalue weighted by molar-refractivity contribution is -0.252. The zero-order chi connectivity index (χ0) is 23.2. The average Bonchev–Trinajstić information content (AvgIpc) is 3.22. The van der Waals surface area contributed by atoms with Crippen LogP contribution in [-0.4, -0.2) is 69.2 Å². The minimum atomic E-state index is -5.18. The summed E-state index contributed by atoms with van der Waals surface area (Å²) in [6.07, 6.45) is -4.51. The van der Waals surface area contributed by atoms with Gasteiger partial charge in [0.25, 0.3) is 5.66 Å². The van der Waals surface area contributed by atoms with Crippen molar-refractivity contribution >= 4 is 11.9 Å². The van der Waals surface area contributed by atoms with Crippen molar-refractivity contribution in [1.29, 1.82) is 0 Å². The average molecular weight is 448 g/mol. The molecule has 0 aromatic heterocycles. The zero-order valence-electron chi connectivity index (χ0n) is 17.9. The number of carbonyl (C=O) groups is 2. The lowest BCUT2D eigenvalue weighted by atomic mass is 10.0. The highest BCUT2D eigenvalue weighted by Crippen LogP contribution is 2.37. The van der Waals surface area contributed by atoms with Gasteiger partial charge in [0.05, 0.1) is 27.4 Å². The van der Waals surface area contributed by atoms with Crippen molar-refractivity contribution in [3.63, 3.8) is 0 Å². The second kappa shape index (κ2) is 10.2. The smallest absolute Gasteiger partial charge is 0.436 e. The Kier molecular flexibility index (Phi) is 8.13. The summed E-state index contributed by atoms with van der Waals surface area (Å²) in [6.45, 7) is 0.703. The first kappa shape index (κ1) is 24.7. The van der Waals surface area contributed by atoms with Gasteiger partial charge in [-0.1, -0.05) is 6.07 Å². The molecule has 8 nitrogen and oxygen atoms in total. The minimum absolute atomic E-state index is 0.261. The number of nitrogens with zero attached hydrogens (tertiary/aromatic N) is 1. The predicted octanol–water partition coefficient (Wildman–Crippen LogP) is 2.25. The molecule has 11 heteroatoms. The standard InChI is InChI=1S/C20H27F3N2O6/c1-13(26)24-19(18(27)30-4,20(21,22)23)25(12-15-6-5-9-31-15)11-14-7-8-16(28-2)17(10-14)29-3/h7-8,10,15H,5-6,9,11-12H2,1-4H3,(H,24,26)/t15-,19-/m0/s1. The Bertz CT molecular complexity index is 783. The summed E-state index contributed by atoms with van der Waals surface area (Å²) in [6, 6.07) is 4.60. The number of hydrogen-bond donors (Lipinski definition) is 1. The maximum Gasteiger partial charge on any atom is 0.436 e. The Morgan fingerprint density at radius 1 is 1.19 bits per heavy atom. The fraction of sp³-hybridized carbons (Fsp3) is 0.600. The van der Waals surface area contributed by atoms with Crippen LogP contribution in [0, 0.1) is 0 Å². The van der Waals surface area contributed by atoms with E-state index in [2.05, 4.69) is 4.74 Å². The van der Waals surface area contributed by atoms with Gasteiger partial charge >= 0.3 is 12.1 Å². The van der Waals surface area contributed by atoms with Crippen LogP contribution in [0.25, 0.3) is 0 Å². The molecule has 0 bridgehead atoms. The van der Waals surface area contributed by atoms with Crippen LogP contribution < -0.4 is 14.8 Å². The first-order valence-electron chi connectivity index (χ1n) is 9.60. The van der Waals surface area contributed by atoms with Crippen molar-refractivity contribution < 1.29 is 41.7 Å². The molecule has 1 aromatic rings. The molecule has 0 spiro atoms. The van der Waals surface area contributed by atoms with Crippen LogP contribution in [0.15, 0.2) is 18.2 Å². The largest absolute Gasteiger partial charge is 0.493 e. The molecule has 1 saturated heterocycles. The van der Waals surface area contributed by atoms with E-state index in [1.54, 1.807) is 17.4 Å². The second-order valence-corrected chi connectivity index (χ2v) is 7.09. The summed E-state index contributed by atoms with van der Waals surface area (Å²) in [5, 5.41) is 1.81. The molecule has 0 radical (unpaired) electrons. The van der Waals surface area contributed by atoms with Crippen molar-refractivity contribution in [2.75, 3.05) is 34.5 Å². The van der Waals surface area contributed by atoms with E-state index in [0.29, 0.717) is 36.5 Å². The van der Waals surface area contributed by atoms with E-state index in [1.807, 2.05) is 0 Å². The van der Waals surface area contributed by atoms with E-state index < -0.39 is 29.8 Å². The number of halogens is 3. The Hall–Kier alpha value is -2.53. The van der Waals surface area contributed by atoms with E-state index in [4.69, 9.17) is 14.2 Å². The number of nitrogens with one attached hydrogen (secondary N) is 1. The number of benzene rings is 1. The summed E-state index contributed by atoms with van der Waals surface area (Å²) in [5.41, 5.74) is -2.99. The van der Waals surface area contributed by atoms with Gasteiger partial charge in [0, 0.05) is 26.6 Å². The number of esters is 1. The van der Waals surface area contributed by atoms with Crippen LogP contribution >= 0.6 is 0 Å². The predicted molar refractivity (Wildman–Crippen MR) is 104 cm³/mol. The van der Waals surface area contributed by atoms with Gasteiger partial charge < -0.3 is 24.3 Å². The Morgan fingerprint density at radius 3 is 2.35 bits per heavy atom. The Labute approximate surface area is 178 Å². The van der Waals surface area contributed by atoms with Crippen molar-refractivity contribution in [1.82, 2.24) is 10.2 Å². The normalized spacial score (nSPS) is 18.4. The van der Waals surface area contributed by atoms with E-state index >= 15 is 0 Å². The van der Waals surface area contributed by atoms with Crippen LogP contribution in [0.4, 0.5) is 13.2 Å². The first-order chi connectivity index (χ1) is 14.6. The lowest BCUT2D eigenvalue weighted by Crippen LogP contribution is -2.73. The second-order valence-electron chi connectivity index (χ2n) is 7.09. The number of methoxy groups -OCH3 is 3. The fourth-order valence-electron chi connectivity index (χ4n) is 3.58. The maximum atomic E-state index is 14.4. The highest BCUT2D eigenvalue weighted by molar-refractivity contribution is 5.87. The minimum Gasteiger partial charge on any atom is -0.493 e. The molecule has 1 heterocycles. The third kappa shape index (κ3) is 5.40. The number of ether oxygens (including phenoxy) is 4. The number of alkyl halides is 3. The molecule has 1 amide bonds. The van der Waals surface area contributed by atoms with Crippen molar-refractivity contribution in [2.45, 2.75) is 44.3 Å². The summed E-state index contributed by atoms with van der Waals surface area (Å²) in [7, 11) is 3.67. The van der Waals surface area contributed by atoms with E-state index in [-0.39, 0.29) is 13.1 Å². The molecule has 174 valence electrons. The zero-order valence-corrected chi connectivity index (χ0v) is 17.9. The monoisotopic (exact) mass is 448 g/mol. The van der Waals surface area contributed by atoms with E-state index in [1.165, 1.54) is 20.3 Å². The molecule has 1 aromatic carbocycles. The molecule has 0 aliphatic carbocycles. The number of carbonyl (C=O) groups excluding carboxylic acids is 2. The maximum absolute atomic E-state index is 14.4. The highest BCUT2D eigenvalue weighted by atomic mass is 19.4. The Morgan fingerprint density at radius 2 is 1.87 bits per heavy atom. The molecule has 31 heavy (non-hydrogen) atoms. The SMILES string of the molecule is COC(=O)[C@](NC(C)=O)(N(Cc1ccc(OC)c(OC)c1)C[C@@H]1CCCO1)C(F)(F)F. The van der Waals surface area contributed by atoms with Gasteiger partial charge in [-0.05, 0) is 30.5 Å². The molecule has 1 N–H and O–H groups in total.